The van der Waals surface area contributed by atoms with Gasteiger partial charge in [-0.1, -0.05) is 61.5 Å². The highest BCUT2D eigenvalue weighted by molar-refractivity contribution is 6.72. The number of nitrogens with zero attached hydrogens (tertiary/aromatic N) is 4. The summed E-state index contributed by atoms with van der Waals surface area (Å²) in [7, 11) is -2.02. The summed E-state index contributed by atoms with van der Waals surface area (Å²) in [5, 5.41) is 16.0. The second-order valence-electron chi connectivity index (χ2n) is 15.2. The maximum Gasteiger partial charge on any atom is 0.279 e. The first-order valence-electron chi connectivity index (χ1n) is 18.3. The number of hydrogen-bond acceptors (Lipinski definition) is 7. The number of methoxy groups -OCH3 is 1. The molecule has 1 aromatic heterocycles. The fourth-order valence-corrected chi connectivity index (χ4v) is 11.6. The van der Waals surface area contributed by atoms with Crippen LogP contribution in [-0.4, -0.2) is 65.9 Å². The van der Waals surface area contributed by atoms with Crippen LogP contribution in [0.3, 0.4) is 0 Å². The molecule has 0 unspecified atom stereocenters. The predicted molar refractivity (Wildman–Crippen MR) is 206 cm³/mol. The lowest BCUT2D eigenvalue weighted by atomic mass is 9.82. The molecule has 5 atom stereocenters. The highest BCUT2D eigenvalue weighted by Gasteiger charge is 2.67. The summed E-state index contributed by atoms with van der Waals surface area (Å²) in [6.07, 6.45) is 1.16. The van der Waals surface area contributed by atoms with E-state index >= 15 is 8.90 Å². The Morgan fingerprint density at radius 3 is 2.54 bits per heavy atom. The quantitative estimate of drug-likeness (QED) is 0.152. The van der Waals surface area contributed by atoms with Crippen molar-refractivity contribution in [2.75, 3.05) is 18.6 Å². The molecule has 3 aliphatic heterocycles. The molecule has 278 valence electrons. The number of halogens is 1. The van der Waals surface area contributed by atoms with E-state index in [1.807, 2.05) is 73.7 Å². The summed E-state index contributed by atoms with van der Waals surface area (Å²) in [6.45, 7) is 5.36. The van der Waals surface area contributed by atoms with Crippen LogP contribution in [0.4, 0.5) is 9.80 Å². The van der Waals surface area contributed by atoms with Crippen LogP contribution in [0.1, 0.15) is 35.6 Å². The second kappa shape index (κ2) is 13.6. The number of fused-ring (bicyclic) bond motifs is 4. The molecule has 0 saturated carbocycles. The molecule has 4 aromatic carbocycles. The summed E-state index contributed by atoms with van der Waals surface area (Å²) < 4.78 is 30.5. The molecule has 1 fully saturated rings. The number of amides is 2. The van der Waals surface area contributed by atoms with Crippen LogP contribution < -0.4 is 15.2 Å². The van der Waals surface area contributed by atoms with Gasteiger partial charge in [0.2, 0.25) is 14.3 Å². The van der Waals surface area contributed by atoms with Crippen LogP contribution in [0, 0.1) is 5.92 Å². The highest BCUT2D eigenvalue weighted by atomic mass is 28.4. The van der Waals surface area contributed by atoms with Crippen molar-refractivity contribution in [1.82, 2.24) is 14.7 Å². The molecule has 1 saturated heterocycles. The Labute approximate surface area is 313 Å². The largest absolute Gasteiger partial charge is 0.497 e. The van der Waals surface area contributed by atoms with Crippen molar-refractivity contribution in [2.24, 2.45) is 5.92 Å². The average molecular weight is 747 g/mol. The zero-order valence-corrected chi connectivity index (χ0v) is 31.7. The Bertz CT molecular complexity index is 2340. The van der Waals surface area contributed by atoms with Crippen LogP contribution in [0.15, 0.2) is 102 Å². The minimum absolute atomic E-state index is 0.127. The zero-order valence-electron chi connectivity index (χ0n) is 30.7. The number of carbonyl (C=O) groups is 2. The van der Waals surface area contributed by atoms with Crippen molar-refractivity contribution in [3.8, 4) is 11.4 Å². The van der Waals surface area contributed by atoms with E-state index in [-0.39, 0.29) is 36.9 Å². The smallest absolute Gasteiger partial charge is 0.279 e. The summed E-state index contributed by atoms with van der Waals surface area (Å²) in [5.74, 6) is -0.688. The van der Waals surface area contributed by atoms with Crippen LogP contribution in [0.25, 0.3) is 16.5 Å². The minimum atomic E-state index is -3.57. The minimum Gasteiger partial charge on any atom is -0.497 e. The molecular formula is C42H43FN4O6Si. The van der Waals surface area contributed by atoms with Crippen molar-refractivity contribution in [3.63, 3.8) is 0 Å². The molecule has 1 N–H and O–H groups in total. The van der Waals surface area contributed by atoms with Gasteiger partial charge in [-0.3, -0.25) is 14.4 Å². The Morgan fingerprint density at radius 2 is 1.78 bits per heavy atom. The average Bonchev–Trinajstić information content (AvgIpc) is 3.59. The van der Waals surface area contributed by atoms with Gasteiger partial charge in [0, 0.05) is 29.0 Å². The van der Waals surface area contributed by atoms with Crippen molar-refractivity contribution in [3.05, 3.63) is 130 Å². The Morgan fingerprint density at radius 1 is 1.02 bits per heavy atom. The molecule has 0 radical (unpaired) electrons. The second-order valence-corrected chi connectivity index (χ2v) is 19.0. The van der Waals surface area contributed by atoms with Crippen molar-refractivity contribution in [1.29, 1.82) is 0 Å². The van der Waals surface area contributed by atoms with Crippen LogP contribution >= 0.6 is 0 Å². The maximum absolute atomic E-state index is 16.6. The number of carbonyl (C=O) groups excluding carboxylic acids is 2. The standard InChI is InChI=1S/C42H43FN4O6Si/c1-26-39(54(3,4)43)37(21-38(49)45-24-30-13-6-5-11-28(30)19-32(45)25-48)53-42(26)35-20-33(52-2)16-17-36(35)46(41(42)51)23-27-10-9-14-31(18-27)47-40(50)34-15-8-7-12-29(34)22-44-47/h5-18,20,22,26,32,37,39,48H,19,21,23-25H2,1-4H3/t26-,32+,37+,39-,42+/m1/s1. The van der Waals surface area contributed by atoms with Crippen molar-refractivity contribution < 1.29 is 28.3 Å². The summed E-state index contributed by atoms with van der Waals surface area (Å²) in [4.78, 5) is 46.0. The third-order valence-corrected chi connectivity index (χ3v) is 14.1. The molecule has 0 bridgehead atoms. The van der Waals surface area contributed by atoms with E-state index in [9.17, 15) is 14.7 Å². The van der Waals surface area contributed by atoms with Gasteiger partial charge in [0.15, 0.2) is 5.60 Å². The van der Waals surface area contributed by atoms with E-state index in [2.05, 4.69) is 5.10 Å². The predicted octanol–water partition coefficient (Wildman–Crippen LogP) is 6.05. The van der Waals surface area contributed by atoms with Gasteiger partial charge < -0.3 is 28.5 Å². The zero-order chi connectivity index (χ0) is 37.9. The van der Waals surface area contributed by atoms with E-state index in [0.29, 0.717) is 41.0 Å². The Kier molecular flexibility index (Phi) is 9.02. The molecule has 5 aromatic rings. The molecule has 4 heterocycles. The van der Waals surface area contributed by atoms with Gasteiger partial charge >= 0.3 is 0 Å². The van der Waals surface area contributed by atoms with Gasteiger partial charge in [0.1, 0.15) is 5.75 Å². The van der Waals surface area contributed by atoms with Crippen molar-refractivity contribution in [2.45, 2.75) is 69.2 Å². The molecule has 0 aliphatic carbocycles. The number of anilines is 1. The summed E-state index contributed by atoms with van der Waals surface area (Å²) in [6, 6.07) is 27.4. The molecular weight excluding hydrogens is 704 g/mol. The van der Waals surface area contributed by atoms with E-state index in [1.54, 1.807) is 60.5 Å². The lowest BCUT2D eigenvalue weighted by Gasteiger charge is -2.37. The molecule has 3 aliphatic rings. The van der Waals surface area contributed by atoms with Gasteiger partial charge in [-0.05, 0) is 72.6 Å². The SMILES string of the molecule is COc1ccc2c(c1)[C@]1(O[C@@H](CC(=O)N3Cc4ccccc4C[C@H]3CO)[C@H]([Si](C)(C)F)[C@H]1C)C(=O)N2Cc1cccc(-n2ncc3ccccc3c2=O)c1. The third kappa shape index (κ3) is 5.83. The molecule has 12 heteroatoms. The number of ether oxygens (including phenoxy) is 2. The molecule has 2 amide bonds. The van der Waals surface area contributed by atoms with Crippen molar-refractivity contribution >= 4 is 36.7 Å². The topological polar surface area (TPSA) is 114 Å². The molecule has 1 spiro atoms. The first kappa shape index (κ1) is 35.8. The van der Waals surface area contributed by atoms with E-state index in [0.717, 1.165) is 22.1 Å². The van der Waals surface area contributed by atoms with Gasteiger partial charge in [-0.15, -0.1) is 0 Å². The molecule has 10 nitrogen and oxygen atoms in total. The summed E-state index contributed by atoms with van der Waals surface area (Å²) in [5.41, 5.74) is 2.06. The molecule has 8 rings (SSSR count). The Balaban J connectivity index is 1.14. The number of aromatic nitrogens is 2. The van der Waals surface area contributed by atoms with Gasteiger partial charge in [0.25, 0.3) is 11.5 Å². The van der Waals surface area contributed by atoms with E-state index < -0.39 is 37.6 Å². The Hall–Kier alpha value is -5.17. The van der Waals surface area contributed by atoms with Crippen LogP contribution in [0.2, 0.25) is 18.6 Å². The van der Waals surface area contributed by atoms with Gasteiger partial charge in [0.05, 0.1) is 61.8 Å². The molecule has 54 heavy (non-hydrogen) atoms. The van der Waals surface area contributed by atoms with Gasteiger partial charge in [-0.2, -0.15) is 9.78 Å². The lowest BCUT2D eigenvalue weighted by molar-refractivity contribution is -0.151. The fourth-order valence-electron chi connectivity index (χ4n) is 9.09. The fraction of sp³-hybridized carbons (Fsp3) is 0.333. The maximum atomic E-state index is 16.6. The number of aliphatic hydroxyl groups is 1. The number of benzene rings is 4. The first-order valence-corrected chi connectivity index (χ1v) is 21.3. The number of aliphatic hydroxyl groups excluding tert-OH is 1. The van der Waals surface area contributed by atoms with E-state index in [4.69, 9.17) is 9.47 Å². The highest BCUT2D eigenvalue weighted by Crippen LogP contribution is 2.60. The summed E-state index contributed by atoms with van der Waals surface area (Å²) >= 11 is 0. The number of rotatable bonds is 8. The van der Waals surface area contributed by atoms with Crippen LogP contribution in [0.5, 0.6) is 5.75 Å². The first-order chi connectivity index (χ1) is 25.9. The van der Waals surface area contributed by atoms with E-state index in [1.165, 1.54) is 4.68 Å². The number of hydrogen-bond donors (Lipinski definition) is 1. The van der Waals surface area contributed by atoms with Gasteiger partial charge in [-0.25, -0.2) is 0 Å². The normalized spacial score (nSPS) is 23.6. The lowest BCUT2D eigenvalue weighted by Crippen LogP contribution is -2.48. The van der Waals surface area contributed by atoms with Crippen LogP contribution in [-0.2, 0) is 39.4 Å². The monoisotopic (exact) mass is 746 g/mol. The third-order valence-electron chi connectivity index (χ3n) is 11.6.